The standard InChI is InChI=1S/C20H13ClF3N3O3S/c21-13-3-2-12(20(22,23)24)8-15(13)25-18(28)9-31-19-6-4-14(26-27-19)11-1-5-16-17(7-11)30-10-29-16/h1-8H,9-10H2,(H,25,28). The van der Waals surface area contributed by atoms with Gasteiger partial charge >= 0.3 is 6.18 Å². The molecule has 0 radical (unpaired) electrons. The molecular weight excluding hydrogens is 455 g/mol. The van der Waals surface area contributed by atoms with Gasteiger partial charge in [0.1, 0.15) is 5.03 Å². The molecule has 1 aromatic heterocycles. The van der Waals surface area contributed by atoms with E-state index in [-0.39, 0.29) is 23.3 Å². The molecule has 0 fully saturated rings. The zero-order valence-corrected chi connectivity index (χ0v) is 17.1. The number of thioether (sulfide) groups is 1. The molecule has 0 spiro atoms. The quantitative estimate of drug-likeness (QED) is 0.515. The molecule has 0 unspecified atom stereocenters. The van der Waals surface area contributed by atoms with Crippen LogP contribution in [0.2, 0.25) is 5.02 Å². The predicted molar refractivity (Wildman–Crippen MR) is 109 cm³/mol. The van der Waals surface area contributed by atoms with Gasteiger partial charge in [0.2, 0.25) is 12.7 Å². The van der Waals surface area contributed by atoms with Gasteiger partial charge in [-0.2, -0.15) is 13.2 Å². The number of carbonyl (C=O) groups is 1. The van der Waals surface area contributed by atoms with Gasteiger partial charge < -0.3 is 14.8 Å². The van der Waals surface area contributed by atoms with Crippen LogP contribution in [0.4, 0.5) is 18.9 Å². The molecule has 160 valence electrons. The van der Waals surface area contributed by atoms with Crippen LogP contribution in [0.15, 0.2) is 53.6 Å². The molecule has 6 nitrogen and oxygen atoms in total. The van der Waals surface area contributed by atoms with E-state index in [0.29, 0.717) is 22.2 Å². The molecule has 1 aliphatic heterocycles. The topological polar surface area (TPSA) is 73.3 Å². The minimum absolute atomic E-state index is 0.0132. The highest BCUT2D eigenvalue weighted by atomic mass is 35.5. The first-order valence-corrected chi connectivity index (χ1v) is 10.2. The van der Waals surface area contributed by atoms with E-state index in [1.807, 2.05) is 6.07 Å². The Morgan fingerprint density at radius 2 is 1.87 bits per heavy atom. The highest BCUT2D eigenvalue weighted by Gasteiger charge is 2.31. The number of hydrogen-bond acceptors (Lipinski definition) is 6. The molecule has 1 aliphatic rings. The van der Waals surface area contributed by atoms with Gasteiger partial charge in [0.25, 0.3) is 0 Å². The molecule has 0 bridgehead atoms. The van der Waals surface area contributed by atoms with Gasteiger partial charge in [-0.05, 0) is 48.5 Å². The molecule has 0 aliphatic carbocycles. The molecule has 31 heavy (non-hydrogen) atoms. The van der Waals surface area contributed by atoms with E-state index in [9.17, 15) is 18.0 Å². The van der Waals surface area contributed by atoms with Gasteiger partial charge in [-0.1, -0.05) is 23.4 Å². The number of anilines is 1. The lowest BCUT2D eigenvalue weighted by Gasteiger charge is -2.11. The van der Waals surface area contributed by atoms with Crippen LogP contribution in [-0.2, 0) is 11.0 Å². The average molecular weight is 468 g/mol. The fourth-order valence-corrected chi connectivity index (χ4v) is 3.51. The number of fused-ring (bicyclic) bond motifs is 1. The molecule has 0 atom stereocenters. The maximum atomic E-state index is 12.8. The number of hydrogen-bond donors (Lipinski definition) is 1. The molecule has 2 aromatic carbocycles. The first kappa shape index (κ1) is 21.3. The SMILES string of the molecule is O=C(CSc1ccc(-c2ccc3c(c2)OCO3)nn1)Nc1cc(C(F)(F)F)ccc1Cl. The summed E-state index contributed by atoms with van der Waals surface area (Å²) < 4.78 is 49.1. The third-order valence-corrected chi connectivity index (χ3v) is 5.48. The van der Waals surface area contributed by atoms with Crippen LogP contribution in [0.3, 0.4) is 0 Å². The van der Waals surface area contributed by atoms with Gasteiger partial charge in [0, 0.05) is 5.56 Å². The van der Waals surface area contributed by atoms with Crippen molar-refractivity contribution < 1.29 is 27.4 Å². The summed E-state index contributed by atoms with van der Waals surface area (Å²) in [5.41, 5.74) is 0.407. The summed E-state index contributed by atoms with van der Waals surface area (Å²) in [7, 11) is 0. The van der Waals surface area contributed by atoms with Gasteiger partial charge in [0.05, 0.1) is 27.7 Å². The van der Waals surface area contributed by atoms with E-state index in [2.05, 4.69) is 15.5 Å². The number of halogens is 4. The van der Waals surface area contributed by atoms with E-state index < -0.39 is 17.6 Å². The maximum absolute atomic E-state index is 12.8. The Hall–Kier alpha value is -2.98. The molecule has 3 aromatic rings. The summed E-state index contributed by atoms with van der Waals surface area (Å²) >= 11 is 6.98. The molecule has 4 rings (SSSR count). The van der Waals surface area contributed by atoms with Crippen LogP contribution in [0.1, 0.15) is 5.56 Å². The van der Waals surface area contributed by atoms with Gasteiger partial charge in [-0.15, -0.1) is 10.2 Å². The lowest BCUT2D eigenvalue weighted by molar-refractivity contribution is -0.137. The van der Waals surface area contributed by atoms with Gasteiger partial charge in [-0.25, -0.2) is 0 Å². The molecule has 0 saturated heterocycles. The summed E-state index contributed by atoms with van der Waals surface area (Å²) in [4.78, 5) is 12.2. The van der Waals surface area contributed by atoms with Crippen molar-refractivity contribution >= 4 is 35.0 Å². The number of aromatic nitrogens is 2. The molecule has 11 heteroatoms. The number of nitrogens with one attached hydrogen (secondary N) is 1. The maximum Gasteiger partial charge on any atom is 0.416 e. The highest BCUT2D eigenvalue weighted by Crippen LogP contribution is 2.36. The van der Waals surface area contributed by atoms with Crippen LogP contribution < -0.4 is 14.8 Å². The predicted octanol–water partition coefficient (Wildman–Crippen LogP) is 5.28. The Morgan fingerprint density at radius 3 is 2.61 bits per heavy atom. The Morgan fingerprint density at radius 1 is 1.06 bits per heavy atom. The second-order valence-electron chi connectivity index (χ2n) is 6.35. The van der Waals surface area contributed by atoms with E-state index in [0.717, 1.165) is 35.5 Å². The molecule has 1 N–H and O–H groups in total. The Bertz CT molecular complexity index is 1130. The lowest BCUT2D eigenvalue weighted by Crippen LogP contribution is -2.15. The van der Waals surface area contributed by atoms with Crippen molar-refractivity contribution in [3.05, 3.63) is 59.1 Å². The molecule has 0 saturated carbocycles. The number of benzene rings is 2. The Kier molecular flexibility index (Phi) is 5.92. The zero-order chi connectivity index (χ0) is 22.0. The number of carbonyl (C=O) groups excluding carboxylic acids is 1. The van der Waals surface area contributed by atoms with E-state index in [1.165, 1.54) is 0 Å². The number of amides is 1. The van der Waals surface area contributed by atoms with E-state index >= 15 is 0 Å². The third-order valence-electron chi connectivity index (χ3n) is 4.23. The van der Waals surface area contributed by atoms with Gasteiger partial charge in [-0.3, -0.25) is 4.79 Å². The van der Waals surface area contributed by atoms with Crippen LogP contribution >= 0.6 is 23.4 Å². The van der Waals surface area contributed by atoms with Crippen molar-refractivity contribution in [2.75, 3.05) is 17.9 Å². The van der Waals surface area contributed by atoms with Crippen molar-refractivity contribution in [3.63, 3.8) is 0 Å². The van der Waals surface area contributed by atoms with Crippen molar-refractivity contribution in [3.8, 4) is 22.8 Å². The number of alkyl halides is 3. The summed E-state index contributed by atoms with van der Waals surface area (Å²) in [5.74, 6) is 0.691. The second kappa shape index (κ2) is 8.64. The van der Waals surface area contributed by atoms with Crippen LogP contribution in [0.5, 0.6) is 11.5 Å². The number of nitrogens with zero attached hydrogens (tertiary/aromatic N) is 2. The summed E-state index contributed by atoms with van der Waals surface area (Å²) in [6.07, 6.45) is -4.53. The van der Waals surface area contributed by atoms with E-state index in [4.69, 9.17) is 21.1 Å². The Labute approximate surface area is 183 Å². The summed E-state index contributed by atoms with van der Waals surface area (Å²) in [5, 5.41) is 11.1. The highest BCUT2D eigenvalue weighted by molar-refractivity contribution is 7.99. The fraction of sp³-hybridized carbons (Fsp3) is 0.150. The average Bonchev–Trinajstić information content (AvgIpc) is 3.21. The lowest BCUT2D eigenvalue weighted by atomic mass is 10.1. The fourth-order valence-electron chi connectivity index (χ4n) is 2.73. The molecule has 2 heterocycles. The largest absolute Gasteiger partial charge is 0.454 e. The van der Waals surface area contributed by atoms with Crippen molar-refractivity contribution in [2.45, 2.75) is 11.2 Å². The molecular formula is C20H13ClF3N3O3S. The normalized spacial score (nSPS) is 12.6. The smallest absolute Gasteiger partial charge is 0.416 e. The van der Waals surface area contributed by atoms with Crippen LogP contribution in [0.25, 0.3) is 11.3 Å². The minimum atomic E-state index is -4.53. The summed E-state index contributed by atoms with van der Waals surface area (Å²) in [6, 6.07) is 11.6. The monoisotopic (exact) mass is 467 g/mol. The first-order chi connectivity index (χ1) is 14.8. The summed E-state index contributed by atoms with van der Waals surface area (Å²) in [6.45, 7) is 0.174. The number of ether oxygens (including phenoxy) is 2. The van der Waals surface area contributed by atoms with Crippen LogP contribution in [0, 0.1) is 0 Å². The van der Waals surface area contributed by atoms with Crippen molar-refractivity contribution in [1.29, 1.82) is 0 Å². The van der Waals surface area contributed by atoms with Gasteiger partial charge in [0.15, 0.2) is 11.5 Å². The zero-order valence-electron chi connectivity index (χ0n) is 15.6. The third kappa shape index (κ3) is 5.02. The van der Waals surface area contributed by atoms with Crippen LogP contribution in [-0.4, -0.2) is 28.7 Å². The first-order valence-electron chi connectivity index (χ1n) is 8.83. The number of rotatable bonds is 5. The Balaban J connectivity index is 1.37. The van der Waals surface area contributed by atoms with E-state index in [1.54, 1.807) is 24.3 Å². The second-order valence-corrected chi connectivity index (χ2v) is 7.76. The molecule has 1 amide bonds. The van der Waals surface area contributed by atoms with Crippen molar-refractivity contribution in [2.24, 2.45) is 0 Å². The van der Waals surface area contributed by atoms with Crippen molar-refractivity contribution in [1.82, 2.24) is 10.2 Å². The minimum Gasteiger partial charge on any atom is -0.454 e.